The third-order valence-electron chi connectivity index (χ3n) is 3.49. The normalized spacial score (nSPS) is 19.2. The summed E-state index contributed by atoms with van der Waals surface area (Å²) in [5, 5.41) is 3.32. The van der Waals surface area contributed by atoms with Gasteiger partial charge in [0.1, 0.15) is 5.54 Å². The molecule has 0 aromatic heterocycles. The van der Waals surface area contributed by atoms with Crippen LogP contribution in [0, 0.1) is 5.92 Å². The first-order valence-corrected chi connectivity index (χ1v) is 7.18. The van der Waals surface area contributed by atoms with Crippen LogP contribution in [0.1, 0.15) is 47.0 Å². The Bertz CT molecular complexity index is 276. The second-order valence-electron chi connectivity index (χ2n) is 6.18. The lowest BCUT2D eigenvalue weighted by Gasteiger charge is -2.35. The molecular weight excluding hydrogens is 226 g/mol. The zero-order chi connectivity index (χ0) is 13.8. The summed E-state index contributed by atoms with van der Waals surface area (Å²) in [6.07, 6.45) is 3.53. The fourth-order valence-electron chi connectivity index (χ4n) is 2.28. The van der Waals surface area contributed by atoms with Gasteiger partial charge in [-0.15, -0.1) is 0 Å². The van der Waals surface area contributed by atoms with Crippen LogP contribution >= 0.6 is 0 Å². The Hall–Kier alpha value is -0.610. The van der Waals surface area contributed by atoms with Crippen molar-refractivity contribution < 1.29 is 4.79 Å². The van der Waals surface area contributed by atoms with E-state index in [4.69, 9.17) is 5.73 Å². The molecule has 0 spiro atoms. The number of carbonyl (C=O) groups is 1. The Morgan fingerprint density at radius 2 is 2.11 bits per heavy atom. The van der Waals surface area contributed by atoms with Crippen molar-refractivity contribution in [2.75, 3.05) is 19.6 Å². The molecule has 4 nitrogen and oxygen atoms in total. The van der Waals surface area contributed by atoms with Crippen molar-refractivity contribution in [1.29, 1.82) is 0 Å². The number of nitrogens with one attached hydrogen (secondary N) is 1. The van der Waals surface area contributed by atoms with Crippen LogP contribution in [0.15, 0.2) is 0 Å². The Balaban J connectivity index is 2.63. The van der Waals surface area contributed by atoms with Crippen LogP contribution in [0.2, 0.25) is 0 Å². The van der Waals surface area contributed by atoms with E-state index in [2.05, 4.69) is 31.0 Å². The van der Waals surface area contributed by atoms with Crippen LogP contribution in [0.5, 0.6) is 0 Å². The Morgan fingerprint density at radius 3 is 2.50 bits per heavy atom. The highest BCUT2D eigenvalue weighted by atomic mass is 16.1. The molecule has 1 saturated carbocycles. The molecule has 1 aliphatic carbocycles. The first kappa shape index (κ1) is 15.4. The van der Waals surface area contributed by atoms with Gasteiger partial charge in [0.15, 0.2) is 0 Å². The summed E-state index contributed by atoms with van der Waals surface area (Å²) in [4.78, 5) is 14.2. The molecule has 0 aliphatic heterocycles. The van der Waals surface area contributed by atoms with Crippen molar-refractivity contribution in [3.05, 3.63) is 0 Å². The van der Waals surface area contributed by atoms with Gasteiger partial charge in [0.2, 0.25) is 5.91 Å². The van der Waals surface area contributed by atoms with E-state index in [1.807, 2.05) is 6.92 Å². The SMILES string of the molecule is CCCNC(C)(CN(CC(C)C)C1CC1)C(N)=O. The summed E-state index contributed by atoms with van der Waals surface area (Å²) in [6.45, 7) is 11.1. The minimum Gasteiger partial charge on any atom is -0.368 e. The zero-order valence-electron chi connectivity index (χ0n) is 12.3. The molecule has 0 aromatic carbocycles. The van der Waals surface area contributed by atoms with Gasteiger partial charge in [-0.2, -0.15) is 0 Å². The first-order chi connectivity index (χ1) is 8.39. The van der Waals surface area contributed by atoms with Crippen molar-refractivity contribution >= 4 is 5.91 Å². The predicted octanol–water partition coefficient (Wildman–Crippen LogP) is 1.35. The van der Waals surface area contributed by atoms with E-state index < -0.39 is 5.54 Å². The summed E-state index contributed by atoms with van der Waals surface area (Å²) in [5.74, 6) is 0.374. The number of carbonyl (C=O) groups excluding carboxylic acids is 1. The quantitative estimate of drug-likeness (QED) is 0.654. The summed E-state index contributed by atoms with van der Waals surface area (Å²) < 4.78 is 0. The second kappa shape index (κ2) is 6.53. The third-order valence-corrected chi connectivity index (χ3v) is 3.49. The lowest BCUT2D eigenvalue weighted by Crippen LogP contribution is -2.60. The molecule has 1 fully saturated rings. The highest BCUT2D eigenvalue weighted by Crippen LogP contribution is 2.28. The summed E-state index contributed by atoms with van der Waals surface area (Å²) >= 11 is 0. The van der Waals surface area contributed by atoms with Gasteiger partial charge < -0.3 is 11.1 Å². The van der Waals surface area contributed by atoms with Crippen LogP contribution in [0.4, 0.5) is 0 Å². The first-order valence-electron chi connectivity index (χ1n) is 7.18. The van der Waals surface area contributed by atoms with Crippen LogP contribution in [-0.2, 0) is 4.79 Å². The van der Waals surface area contributed by atoms with Crippen molar-refractivity contribution in [2.45, 2.75) is 58.5 Å². The molecule has 0 radical (unpaired) electrons. The van der Waals surface area contributed by atoms with E-state index in [9.17, 15) is 4.79 Å². The molecule has 4 heteroatoms. The number of amides is 1. The van der Waals surface area contributed by atoms with E-state index in [0.717, 1.165) is 26.1 Å². The van der Waals surface area contributed by atoms with Crippen LogP contribution < -0.4 is 11.1 Å². The second-order valence-corrected chi connectivity index (χ2v) is 6.18. The molecule has 106 valence electrons. The van der Waals surface area contributed by atoms with Crippen molar-refractivity contribution in [2.24, 2.45) is 11.7 Å². The molecule has 18 heavy (non-hydrogen) atoms. The fourth-order valence-corrected chi connectivity index (χ4v) is 2.28. The number of rotatable bonds is 9. The molecule has 0 heterocycles. The van der Waals surface area contributed by atoms with Crippen molar-refractivity contribution in [3.8, 4) is 0 Å². The van der Waals surface area contributed by atoms with E-state index in [-0.39, 0.29) is 5.91 Å². The van der Waals surface area contributed by atoms with Gasteiger partial charge in [-0.1, -0.05) is 20.8 Å². The Kier molecular flexibility index (Phi) is 5.60. The van der Waals surface area contributed by atoms with Crippen LogP contribution in [0.3, 0.4) is 0 Å². The summed E-state index contributed by atoms with van der Waals surface area (Å²) in [5.41, 5.74) is 4.98. The molecule has 1 aliphatic rings. The average molecular weight is 255 g/mol. The number of nitrogens with zero attached hydrogens (tertiary/aromatic N) is 1. The molecule has 1 atom stereocenters. The topological polar surface area (TPSA) is 58.4 Å². The van der Waals surface area contributed by atoms with Gasteiger partial charge >= 0.3 is 0 Å². The van der Waals surface area contributed by atoms with E-state index in [0.29, 0.717) is 12.0 Å². The van der Waals surface area contributed by atoms with Gasteiger partial charge in [0, 0.05) is 19.1 Å². The van der Waals surface area contributed by atoms with E-state index in [1.54, 1.807) is 0 Å². The molecule has 3 N–H and O–H groups in total. The third kappa shape index (κ3) is 4.58. The van der Waals surface area contributed by atoms with Crippen LogP contribution in [0.25, 0.3) is 0 Å². The van der Waals surface area contributed by atoms with E-state index >= 15 is 0 Å². The fraction of sp³-hybridized carbons (Fsp3) is 0.929. The lowest BCUT2D eigenvalue weighted by atomic mass is 9.99. The summed E-state index contributed by atoms with van der Waals surface area (Å²) in [7, 11) is 0. The Labute approximate surface area is 111 Å². The number of nitrogens with two attached hydrogens (primary N) is 1. The zero-order valence-corrected chi connectivity index (χ0v) is 12.3. The molecule has 0 aromatic rings. The largest absolute Gasteiger partial charge is 0.368 e. The molecular formula is C14H29N3O. The van der Waals surface area contributed by atoms with Crippen molar-refractivity contribution in [1.82, 2.24) is 10.2 Å². The van der Waals surface area contributed by atoms with Gasteiger partial charge in [-0.3, -0.25) is 9.69 Å². The number of primary amides is 1. The van der Waals surface area contributed by atoms with Gasteiger partial charge in [0.25, 0.3) is 0 Å². The average Bonchev–Trinajstić information content (AvgIpc) is 3.08. The maximum absolute atomic E-state index is 11.7. The minimum atomic E-state index is -0.604. The monoisotopic (exact) mass is 255 g/mol. The molecule has 1 amide bonds. The van der Waals surface area contributed by atoms with Gasteiger partial charge in [-0.05, 0) is 38.6 Å². The van der Waals surface area contributed by atoms with Crippen LogP contribution in [-0.4, -0.2) is 42.0 Å². The molecule has 1 rings (SSSR count). The maximum atomic E-state index is 11.7. The van der Waals surface area contributed by atoms with E-state index in [1.165, 1.54) is 12.8 Å². The number of hydrogen-bond donors (Lipinski definition) is 2. The highest BCUT2D eigenvalue weighted by Gasteiger charge is 2.38. The lowest BCUT2D eigenvalue weighted by molar-refractivity contribution is -0.124. The maximum Gasteiger partial charge on any atom is 0.238 e. The Morgan fingerprint density at radius 1 is 1.50 bits per heavy atom. The summed E-state index contributed by atoms with van der Waals surface area (Å²) in [6, 6.07) is 0.662. The molecule has 0 bridgehead atoms. The van der Waals surface area contributed by atoms with Gasteiger partial charge in [0.05, 0.1) is 0 Å². The smallest absolute Gasteiger partial charge is 0.238 e. The minimum absolute atomic E-state index is 0.245. The standard InChI is InChI=1S/C14H29N3O/c1-5-8-16-14(4,13(15)18)10-17(9-11(2)3)12-6-7-12/h11-12,16H,5-10H2,1-4H3,(H2,15,18). The molecule has 0 saturated heterocycles. The number of hydrogen-bond acceptors (Lipinski definition) is 3. The van der Waals surface area contributed by atoms with Gasteiger partial charge in [-0.25, -0.2) is 0 Å². The predicted molar refractivity (Wildman–Crippen MR) is 75.3 cm³/mol. The highest BCUT2D eigenvalue weighted by molar-refractivity contribution is 5.84. The van der Waals surface area contributed by atoms with Crippen molar-refractivity contribution in [3.63, 3.8) is 0 Å². The molecule has 1 unspecified atom stereocenters.